The Morgan fingerprint density at radius 1 is 1.03 bits per heavy atom. The summed E-state index contributed by atoms with van der Waals surface area (Å²) in [6.07, 6.45) is 1.97. The Bertz CT molecular complexity index is 1090. The van der Waals surface area contributed by atoms with Crippen LogP contribution < -0.4 is 15.5 Å². The number of benzene rings is 1. The van der Waals surface area contributed by atoms with Crippen molar-refractivity contribution >= 4 is 23.4 Å². The highest BCUT2D eigenvalue weighted by atomic mass is 16.5. The van der Waals surface area contributed by atoms with Crippen molar-refractivity contribution in [2.24, 2.45) is 0 Å². The number of ether oxygens (including phenoxy) is 1. The van der Waals surface area contributed by atoms with Crippen LogP contribution in [-0.4, -0.2) is 83.7 Å². The van der Waals surface area contributed by atoms with Gasteiger partial charge in [-0.25, -0.2) is 14.8 Å². The first kappa shape index (κ1) is 24.5. The molecule has 0 spiro atoms. The van der Waals surface area contributed by atoms with Crippen LogP contribution in [-0.2, 0) is 22.6 Å². The van der Waals surface area contributed by atoms with Crippen molar-refractivity contribution in [2.45, 2.75) is 45.8 Å². The Labute approximate surface area is 212 Å². The molecule has 36 heavy (non-hydrogen) atoms. The van der Waals surface area contributed by atoms with Gasteiger partial charge in [-0.1, -0.05) is 0 Å². The fraction of sp³-hybridized carbons (Fsp3) is 0.538. The fourth-order valence-corrected chi connectivity index (χ4v) is 5.27. The van der Waals surface area contributed by atoms with Crippen molar-refractivity contribution in [2.75, 3.05) is 56.2 Å². The van der Waals surface area contributed by atoms with Crippen molar-refractivity contribution in [1.29, 1.82) is 0 Å². The van der Waals surface area contributed by atoms with Gasteiger partial charge in [-0.05, 0) is 44.0 Å². The molecule has 10 heteroatoms. The van der Waals surface area contributed by atoms with E-state index in [0.717, 1.165) is 74.9 Å². The number of fused-ring (bicyclic) bond motifs is 1. The smallest absolute Gasteiger partial charge is 0.319 e. The first-order valence-electron chi connectivity index (χ1n) is 12.9. The first-order chi connectivity index (χ1) is 17.5. The van der Waals surface area contributed by atoms with Gasteiger partial charge in [0.15, 0.2) is 5.82 Å². The van der Waals surface area contributed by atoms with E-state index in [-0.39, 0.29) is 11.9 Å². The molecule has 5 rings (SSSR count). The Morgan fingerprint density at radius 3 is 2.42 bits per heavy atom. The van der Waals surface area contributed by atoms with E-state index in [2.05, 4.69) is 20.4 Å². The van der Waals surface area contributed by atoms with E-state index in [0.29, 0.717) is 31.6 Å². The molecular weight excluding hydrogens is 458 g/mol. The summed E-state index contributed by atoms with van der Waals surface area (Å²) in [4.78, 5) is 40.4. The number of nitrogens with zero attached hydrogens (tertiary/aromatic N) is 5. The average Bonchev–Trinajstić information content (AvgIpc) is 3.33. The lowest BCUT2D eigenvalue weighted by Gasteiger charge is -2.36. The summed E-state index contributed by atoms with van der Waals surface area (Å²) in [5, 5.41) is 5.57. The molecule has 2 N–H and O–H groups in total. The van der Waals surface area contributed by atoms with E-state index in [4.69, 9.17) is 14.7 Å². The Balaban J connectivity index is 1.38. The summed E-state index contributed by atoms with van der Waals surface area (Å²) in [5.74, 6) is 1.87. The molecule has 2 aromatic rings. The van der Waals surface area contributed by atoms with E-state index in [1.54, 1.807) is 6.92 Å². The minimum atomic E-state index is -0.220. The second kappa shape index (κ2) is 10.8. The molecule has 0 radical (unpaired) electrons. The number of morpholine rings is 1. The van der Waals surface area contributed by atoms with Crippen LogP contribution in [0, 0.1) is 0 Å². The van der Waals surface area contributed by atoms with Crippen molar-refractivity contribution in [3.8, 4) is 11.4 Å². The summed E-state index contributed by atoms with van der Waals surface area (Å²) in [5.41, 5.74) is 3.94. The lowest BCUT2D eigenvalue weighted by atomic mass is 10.0. The third kappa shape index (κ3) is 5.29. The van der Waals surface area contributed by atoms with Gasteiger partial charge in [0.05, 0.1) is 18.9 Å². The summed E-state index contributed by atoms with van der Waals surface area (Å²) in [6.45, 7) is 10.4. The number of piperidine rings is 1. The molecule has 192 valence electrons. The predicted molar refractivity (Wildman–Crippen MR) is 138 cm³/mol. The van der Waals surface area contributed by atoms with Crippen LogP contribution in [0.15, 0.2) is 24.3 Å². The quantitative estimate of drug-likeness (QED) is 0.660. The SMILES string of the molecule is CCNC(=O)Nc1ccc(-c2nc3c(c(N4CCOCC4)n2)CN(C2CCN(C(C)=O)CC2)C3)cc1. The van der Waals surface area contributed by atoms with Gasteiger partial charge < -0.3 is 25.2 Å². The number of urea groups is 1. The van der Waals surface area contributed by atoms with E-state index in [1.165, 1.54) is 5.56 Å². The van der Waals surface area contributed by atoms with Gasteiger partial charge in [0.2, 0.25) is 5.91 Å². The monoisotopic (exact) mass is 493 g/mol. The average molecular weight is 494 g/mol. The first-order valence-corrected chi connectivity index (χ1v) is 12.9. The number of hydrogen-bond donors (Lipinski definition) is 2. The van der Waals surface area contributed by atoms with Crippen molar-refractivity contribution < 1.29 is 14.3 Å². The van der Waals surface area contributed by atoms with Crippen molar-refractivity contribution in [1.82, 2.24) is 25.1 Å². The van der Waals surface area contributed by atoms with Crippen LogP contribution in [0.4, 0.5) is 16.3 Å². The lowest BCUT2D eigenvalue weighted by molar-refractivity contribution is -0.130. The van der Waals surface area contributed by atoms with Gasteiger partial charge in [-0.3, -0.25) is 9.69 Å². The Kier molecular flexibility index (Phi) is 7.33. The molecule has 2 fully saturated rings. The summed E-state index contributed by atoms with van der Waals surface area (Å²) in [7, 11) is 0. The predicted octanol–water partition coefficient (Wildman–Crippen LogP) is 2.45. The third-order valence-corrected chi connectivity index (χ3v) is 7.26. The molecule has 1 aromatic carbocycles. The van der Waals surface area contributed by atoms with Gasteiger partial charge in [0, 0.05) is 75.6 Å². The number of carbonyl (C=O) groups is 2. The Hall–Kier alpha value is -3.24. The number of hydrogen-bond acceptors (Lipinski definition) is 7. The van der Waals surface area contributed by atoms with Crippen molar-refractivity contribution in [3.05, 3.63) is 35.5 Å². The molecular formula is C26H35N7O3. The molecule has 0 bridgehead atoms. The topological polar surface area (TPSA) is 103 Å². The zero-order valence-electron chi connectivity index (χ0n) is 21.1. The standard InChI is InChI=1S/C26H35N7O3/c1-3-27-26(35)28-20-6-4-19(5-7-20)24-29-23-17-33(21-8-10-31(11-9-21)18(2)34)16-22(23)25(30-24)32-12-14-36-15-13-32/h4-7,21H,3,8-17H2,1-2H3,(H2,27,28,35). The molecule has 0 atom stereocenters. The molecule has 0 aliphatic carbocycles. The molecule has 2 saturated heterocycles. The minimum Gasteiger partial charge on any atom is -0.378 e. The van der Waals surface area contributed by atoms with Crippen molar-refractivity contribution in [3.63, 3.8) is 0 Å². The van der Waals surface area contributed by atoms with Crippen LogP contribution in [0.25, 0.3) is 11.4 Å². The maximum atomic E-state index is 11.8. The number of anilines is 2. The number of nitrogens with one attached hydrogen (secondary N) is 2. The number of carbonyl (C=O) groups excluding carboxylic acids is 2. The van der Waals surface area contributed by atoms with Gasteiger partial charge in [-0.15, -0.1) is 0 Å². The maximum absolute atomic E-state index is 11.8. The van der Waals surface area contributed by atoms with Crippen LogP contribution in [0.3, 0.4) is 0 Å². The Morgan fingerprint density at radius 2 is 1.75 bits per heavy atom. The number of rotatable bonds is 5. The van der Waals surface area contributed by atoms with E-state index in [9.17, 15) is 9.59 Å². The summed E-state index contributed by atoms with van der Waals surface area (Å²) in [6, 6.07) is 7.89. The third-order valence-electron chi connectivity index (χ3n) is 7.26. The molecule has 3 aliphatic heterocycles. The van der Waals surface area contributed by atoms with Gasteiger partial charge >= 0.3 is 6.03 Å². The van der Waals surface area contributed by atoms with Crippen LogP contribution >= 0.6 is 0 Å². The molecule has 0 saturated carbocycles. The van der Waals surface area contributed by atoms with E-state index in [1.807, 2.05) is 36.1 Å². The number of aromatic nitrogens is 2. The van der Waals surface area contributed by atoms with Crippen LogP contribution in [0.5, 0.6) is 0 Å². The molecule has 1 aromatic heterocycles. The molecule has 3 amide bonds. The number of likely N-dealkylation sites (tertiary alicyclic amines) is 1. The highest BCUT2D eigenvalue weighted by Crippen LogP contribution is 2.35. The molecule has 0 unspecified atom stereocenters. The van der Waals surface area contributed by atoms with Gasteiger partial charge in [0.1, 0.15) is 5.82 Å². The second-order valence-corrected chi connectivity index (χ2v) is 9.60. The maximum Gasteiger partial charge on any atom is 0.319 e. The van der Waals surface area contributed by atoms with E-state index >= 15 is 0 Å². The zero-order chi connectivity index (χ0) is 25.1. The minimum absolute atomic E-state index is 0.162. The lowest BCUT2D eigenvalue weighted by Crippen LogP contribution is -2.44. The van der Waals surface area contributed by atoms with Gasteiger partial charge in [0.25, 0.3) is 0 Å². The molecule has 4 heterocycles. The number of amides is 3. The highest BCUT2D eigenvalue weighted by Gasteiger charge is 2.34. The molecule has 3 aliphatic rings. The van der Waals surface area contributed by atoms with Gasteiger partial charge in [-0.2, -0.15) is 0 Å². The van der Waals surface area contributed by atoms with Crippen LogP contribution in [0.1, 0.15) is 37.9 Å². The fourth-order valence-electron chi connectivity index (χ4n) is 5.27. The second-order valence-electron chi connectivity index (χ2n) is 9.60. The van der Waals surface area contributed by atoms with Crippen LogP contribution in [0.2, 0.25) is 0 Å². The van der Waals surface area contributed by atoms with E-state index < -0.39 is 0 Å². The summed E-state index contributed by atoms with van der Waals surface area (Å²) >= 11 is 0. The summed E-state index contributed by atoms with van der Waals surface area (Å²) < 4.78 is 5.60. The zero-order valence-corrected chi connectivity index (χ0v) is 21.1. The normalized spacial score (nSPS) is 18.7. The highest BCUT2D eigenvalue weighted by molar-refractivity contribution is 5.89. The molecule has 10 nitrogen and oxygen atoms in total. The largest absolute Gasteiger partial charge is 0.378 e.